The monoisotopic (exact) mass is 288 g/mol. The van der Waals surface area contributed by atoms with E-state index in [0.717, 1.165) is 23.8 Å². The molecule has 0 atom stereocenters. The molecule has 3 N–H and O–H groups in total. The number of imidazole rings is 1. The summed E-state index contributed by atoms with van der Waals surface area (Å²) in [6.45, 7) is 3.96. The maximum Gasteiger partial charge on any atom is 0.220 e. The zero-order chi connectivity index (χ0) is 15.1. The lowest BCUT2D eigenvalue weighted by Gasteiger charge is -2.09. The fourth-order valence-corrected chi connectivity index (χ4v) is 1.91. The minimum atomic E-state index is -0.361. The highest BCUT2D eigenvalue weighted by Crippen LogP contribution is 2.16. The Morgan fingerprint density at radius 3 is 2.81 bits per heavy atom. The van der Waals surface area contributed by atoms with Gasteiger partial charge in [0.25, 0.3) is 0 Å². The highest BCUT2D eigenvalue weighted by atomic mass is 16.5. The number of rotatable bonds is 8. The van der Waals surface area contributed by atoms with Gasteiger partial charge in [-0.3, -0.25) is 4.79 Å². The number of nitrogens with zero attached hydrogens (tertiary/aromatic N) is 2. The minimum Gasteiger partial charge on any atom is -0.493 e. The van der Waals surface area contributed by atoms with Crippen LogP contribution in [-0.4, -0.2) is 22.1 Å². The number of primary amides is 1. The summed E-state index contributed by atoms with van der Waals surface area (Å²) in [6.07, 6.45) is 3.99. The third kappa shape index (κ3) is 4.52. The van der Waals surface area contributed by atoms with E-state index in [1.165, 1.54) is 0 Å². The Hall–Kier alpha value is -2.50. The summed E-state index contributed by atoms with van der Waals surface area (Å²) < 4.78 is 7.51. The number of anilines is 1. The van der Waals surface area contributed by atoms with Crippen LogP contribution in [0.5, 0.6) is 5.75 Å². The molecule has 2 rings (SSSR count). The third-order valence-electron chi connectivity index (χ3n) is 3.06. The largest absolute Gasteiger partial charge is 0.493 e. The van der Waals surface area contributed by atoms with E-state index in [2.05, 4.69) is 21.8 Å². The first kappa shape index (κ1) is 14.9. The van der Waals surface area contributed by atoms with Crippen LogP contribution in [0.1, 0.15) is 19.2 Å². The van der Waals surface area contributed by atoms with Crippen molar-refractivity contribution in [2.45, 2.75) is 26.4 Å². The summed E-state index contributed by atoms with van der Waals surface area (Å²) in [5, 5.41) is 3.31. The Balaban J connectivity index is 1.83. The van der Waals surface area contributed by atoms with Gasteiger partial charge < -0.3 is 20.4 Å². The highest BCUT2D eigenvalue weighted by molar-refractivity contribution is 5.73. The van der Waals surface area contributed by atoms with E-state index in [-0.39, 0.29) is 12.3 Å². The number of carbonyl (C=O) groups excluding carboxylic acids is 1. The number of hydrogen-bond acceptors (Lipinski definition) is 4. The van der Waals surface area contributed by atoms with Crippen LogP contribution in [0.3, 0.4) is 0 Å². The summed E-state index contributed by atoms with van der Waals surface area (Å²) >= 11 is 0. The van der Waals surface area contributed by atoms with Crippen LogP contribution in [0, 0.1) is 0 Å². The van der Waals surface area contributed by atoms with Gasteiger partial charge in [0.05, 0.1) is 19.6 Å². The average molecular weight is 288 g/mol. The normalized spacial score (nSPS) is 10.3. The number of amides is 1. The summed E-state index contributed by atoms with van der Waals surface area (Å²) in [5.41, 5.74) is 6.04. The number of hydrogen-bond donors (Lipinski definition) is 2. The maximum absolute atomic E-state index is 10.6. The Labute approximate surface area is 123 Å². The molecule has 0 aliphatic rings. The van der Waals surface area contributed by atoms with Gasteiger partial charge in [0.1, 0.15) is 11.6 Å². The summed E-state index contributed by atoms with van der Waals surface area (Å²) in [5.74, 6) is 1.36. The summed E-state index contributed by atoms with van der Waals surface area (Å²) in [7, 11) is 0. The van der Waals surface area contributed by atoms with Crippen LogP contribution >= 0.6 is 0 Å². The molecule has 0 saturated heterocycles. The Bertz CT molecular complexity index is 578. The second-order valence-corrected chi connectivity index (χ2v) is 4.57. The molecule has 6 nitrogen and oxygen atoms in total. The fourth-order valence-electron chi connectivity index (χ4n) is 1.91. The lowest BCUT2D eigenvalue weighted by atomic mass is 10.3. The molecule has 0 radical (unpaired) electrons. The molecule has 2 aromatic rings. The molecule has 1 amide bonds. The van der Waals surface area contributed by atoms with E-state index < -0.39 is 0 Å². The molecule has 0 fully saturated rings. The number of benzene rings is 1. The third-order valence-corrected chi connectivity index (χ3v) is 3.06. The molecular formula is C15H20N4O2. The Kier molecular flexibility index (Phi) is 5.20. The first-order valence-electron chi connectivity index (χ1n) is 6.94. The zero-order valence-electron chi connectivity index (χ0n) is 12.1. The molecule has 112 valence electrons. The number of aryl methyl sites for hydroxylation is 1. The number of nitrogens with two attached hydrogens (primary N) is 1. The van der Waals surface area contributed by atoms with Crippen molar-refractivity contribution in [1.82, 2.24) is 9.55 Å². The van der Waals surface area contributed by atoms with Crippen LogP contribution < -0.4 is 15.8 Å². The average Bonchev–Trinajstić information content (AvgIpc) is 2.93. The van der Waals surface area contributed by atoms with Gasteiger partial charge in [-0.1, -0.05) is 0 Å². The topological polar surface area (TPSA) is 82.2 Å². The van der Waals surface area contributed by atoms with Crippen molar-refractivity contribution in [1.29, 1.82) is 0 Å². The lowest BCUT2D eigenvalue weighted by Crippen LogP contribution is -2.14. The molecule has 0 aliphatic heterocycles. The van der Waals surface area contributed by atoms with Crippen molar-refractivity contribution in [3.05, 3.63) is 42.5 Å². The van der Waals surface area contributed by atoms with Crippen molar-refractivity contribution in [3.63, 3.8) is 0 Å². The molecule has 6 heteroatoms. The molecule has 21 heavy (non-hydrogen) atoms. The van der Waals surface area contributed by atoms with Crippen LogP contribution in [0.15, 0.2) is 36.7 Å². The smallest absolute Gasteiger partial charge is 0.220 e. The van der Waals surface area contributed by atoms with Crippen molar-refractivity contribution < 1.29 is 9.53 Å². The standard InChI is InChI=1S/C15H20N4O2/c1-2-19-9-8-17-15(19)11-18-12-3-5-13(6-4-12)21-10-7-14(16)20/h3-6,8-9,18H,2,7,10-11H2,1H3,(H2,16,20). The molecule has 0 spiro atoms. The van der Waals surface area contributed by atoms with Gasteiger partial charge in [-0.15, -0.1) is 0 Å². The first-order valence-corrected chi connectivity index (χ1v) is 6.94. The van der Waals surface area contributed by atoms with E-state index >= 15 is 0 Å². The molecule has 0 bridgehead atoms. The van der Waals surface area contributed by atoms with E-state index in [9.17, 15) is 4.79 Å². The van der Waals surface area contributed by atoms with Gasteiger partial charge in [-0.05, 0) is 31.2 Å². The van der Waals surface area contributed by atoms with Crippen LogP contribution in [0.2, 0.25) is 0 Å². The van der Waals surface area contributed by atoms with Gasteiger partial charge in [0.15, 0.2) is 0 Å². The van der Waals surface area contributed by atoms with E-state index in [1.54, 1.807) is 6.20 Å². The van der Waals surface area contributed by atoms with Crippen LogP contribution in [0.4, 0.5) is 5.69 Å². The van der Waals surface area contributed by atoms with Gasteiger partial charge in [-0.2, -0.15) is 0 Å². The van der Waals surface area contributed by atoms with Gasteiger partial charge in [-0.25, -0.2) is 4.98 Å². The number of aromatic nitrogens is 2. The number of nitrogens with one attached hydrogen (secondary N) is 1. The lowest BCUT2D eigenvalue weighted by molar-refractivity contribution is -0.118. The quantitative estimate of drug-likeness (QED) is 0.775. The van der Waals surface area contributed by atoms with Crippen LogP contribution in [0.25, 0.3) is 0 Å². The fraction of sp³-hybridized carbons (Fsp3) is 0.333. The minimum absolute atomic E-state index is 0.222. The summed E-state index contributed by atoms with van der Waals surface area (Å²) in [6, 6.07) is 7.57. The van der Waals surface area contributed by atoms with Gasteiger partial charge in [0.2, 0.25) is 5.91 Å². The van der Waals surface area contributed by atoms with Crippen molar-refractivity contribution >= 4 is 11.6 Å². The zero-order valence-corrected chi connectivity index (χ0v) is 12.1. The summed E-state index contributed by atoms with van der Waals surface area (Å²) in [4.78, 5) is 14.9. The van der Waals surface area contributed by atoms with Gasteiger partial charge >= 0.3 is 0 Å². The van der Waals surface area contributed by atoms with E-state index in [0.29, 0.717) is 13.2 Å². The molecule has 0 saturated carbocycles. The van der Waals surface area contributed by atoms with Crippen molar-refractivity contribution in [2.75, 3.05) is 11.9 Å². The molecule has 1 aromatic carbocycles. The number of ether oxygens (including phenoxy) is 1. The molecule has 1 heterocycles. The van der Waals surface area contributed by atoms with Crippen molar-refractivity contribution in [3.8, 4) is 5.75 Å². The number of carbonyl (C=O) groups is 1. The molecule has 1 aromatic heterocycles. The maximum atomic E-state index is 10.6. The first-order chi connectivity index (χ1) is 10.2. The van der Waals surface area contributed by atoms with Crippen LogP contribution in [-0.2, 0) is 17.9 Å². The predicted molar refractivity (Wildman–Crippen MR) is 81.0 cm³/mol. The Morgan fingerprint density at radius 1 is 1.38 bits per heavy atom. The second-order valence-electron chi connectivity index (χ2n) is 4.57. The van der Waals surface area contributed by atoms with E-state index in [1.807, 2.05) is 30.5 Å². The molecule has 0 aliphatic carbocycles. The molecule has 0 unspecified atom stereocenters. The van der Waals surface area contributed by atoms with E-state index in [4.69, 9.17) is 10.5 Å². The molecular weight excluding hydrogens is 268 g/mol. The SMILES string of the molecule is CCn1ccnc1CNc1ccc(OCCC(N)=O)cc1. The highest BCUT2D eigenvalue weighted by Gasteiger charge is 2.01. The van der Waals surface area contributed by atoms with Gasteiger partial charge in [0, 0.05) is 24.6 Å². The predicted octanol–water partition coefficient (Wildman–Crippen LogP) is 1.77. The second kappa shape index (κ2) is 7.33. The van der Waals surface area contributed by atoms with Crippen molar-refractivity contribution in [2.24, 2.45) is 5.73 Å². The Morgan fingerprint density at radius 2 is 2.14 bits per heavy atom.